The minimum absolute atomic E-state index is 0.390. The van der Waals surface area contributed by atoms with E-state index in [1.165, 1.54) is 0 Å². The summed E-state index contributed by atoms with van der Waals surface area (Å²) in [6, 6.07) is 3.69. The van der Waals surface area contributed by atoms with Crippen molar-refractivity contribution in [2.24, 2.45) is 0 Å². The lowest BCUT2D eigenvalue weighted by molar-refractivity contribution is 0.140. The molecular weight excluding hydrogens is 314 g/mol. The number of rotatable bonds is 8. The summed E-state index contributed by atoms with van der Waals surface area (Å²) in [4.78, 5) is 4.49. The first kappa shape index (κ1) is 19.0. The highest BCUT2D eigenvalue weighted by Gasteiger charge is 2.16. The zero-order valence-electron chi connectivity index (χ0n) is 15.0. The molecule has 25 heavy (non-hydrogen) atoms. The van der Waals surface area contributed by atoms with Crippen molar-refractivity contribution in [1.29, 1.82) is 0 Å². The number of aromatic nitrogens is 1. The lowest BCUT2D eigenvalue weighted by atomic mass is 10.0. The van der Waals surface area contributed by atoms with Crippen LogP contribution < -0.4 is 0 Å². The molecule has 1 N–H and O–H groups in total. The van der Waals surface area contributed by atoms with Crippen molar-refractivity contribution in [2.75, 3.05) is 13.2 Å². The molecule has 0 saturated carbocycles. The zero-order chi connectivity index (χ0) is 18.2. The highest BCUT2D eigenvalue weighted by molar-refractivity contribution is 5.87. The number of nitrogens with zero attached hydrogens (tertiary/aromatic N) is 1. The van der Waals surface area contributed by atoms with Gasteiger partial charge >= 0.3 is 0 Å². The van der Waals surface area contributed by atoms with Gasteiger partial charge in [-0.05, 0) is 31.4 Å². The highest BCUT2D eigenvalue weighted by atomic mass is 16.5. The van der Waals surface area contributed by atoms with Gasteiger partial charge in [-0.2, -0.15) is 0 Å². The Labute approximate surface area is 149 Å². The lowest BCUT2D eigenvalue weighted by Gasteiger charge is -2.08. The van der Waals surface area contributed by atoms with Crippen LogP contribution in [-0.2, 0) is 4.74 Å². The van der Waals surface area contributed by atoms with Crippen molar-refractivity contribution in [3.05, 3.63) is 48.4 Å². The van der Waals surface area contributed by atoms with Gasteiger partial charge in [-0.25, -0.2) is 4.98 Å². The lowest BCUT2D eigenvalue weighted by Crippen LogP contribution is -1.97. The molecule has 2 aromatic rings. The van der Waals surface area contributed by atoms with Crippen LogP contribution in [0.2, 0.25) is 0 Å². The smallest absolute Gasteiger partial charge is 0.172 e. The van der Waals surface area contributed by atoms with Crippen molar-refractivity contribution >= 4 is 16.7 Å². The topological polar surface area (TPSA) is 55.5 Å². The normalized spacial score (nSPS) is 11.8. The standard InChI is InChI=1S/C21H25NO3/c1-5-7-8-9-19(23)20-14-18-21(25-20)17(13-16(4)22-18)15(3)10-12-24-11-6-2/h5,13-14,19,23H,1,3,6-7,10-12H2,2,4H3. The summed E-state index contributed by atoms with van der Waals surface area (Å²) >= 11 is 0. The summed E-state index contributed by atoms with van der Waals surface area (Å²) in [6.07, 6.45) is 2.94. The molecule has 132 valence electrons. The SMILES string of the molecule is C=CCC#CC(O)c1cc2nc(C)cc(C(=C)CCOCCC)c2o1. The van der Waals surface area contributed by atoms with E-state index in [0.29, 0.717) is 29.9 Å². The van der Waals surface area contributed by atoms with Crippen LogP contribution in [0.1, 0.15) is 49.3 Å². The van der Waals surface area contributed by atoms with Crippen molar-refractivity contribution in [3.8, 4) is 11.8 Å². The maximum Gasteiger partial charge on any atom is 0.172 e. The Balaban J connectivity index is 2.27. The van der Waals surface area contributed by atoms with Crippen LogP contribution in [0.25, 0.3) is 16.7 Å². The van der Waals surface area contributed by atoms with E-state index in [1.807, 2.05) is 13.0 Å². The maximum absolute atomic E-state index is 10.2. The molecule has 0 bridgehead atoms. The number of hydrogen-bond donors (Lipinski definition) is 1. The van der Waals surface area contributed by atoms with Gasteiger partial charge < -0.3 is 14.3 Å². The van der Waals surface area contributed by atoms with E-state index in [4.69, 9.17) is 9.15 Å². The molecule has 0 aliphatic heterocycles. The Morgan fingerprint density at radius 2 is 2.24 bits per heavy atom. The van der Waals surface area contributed by atoms with Gasteiger partial charge in [-0.3, -0.25) is 0 Å². The fourth-order valence-electron chi connectivity index (χ4n) is 2.45. The third-order valence-corrected chi connectivity index (χ3v) is 3.66. The second-order valence-corrected chi connectivity index (χ2v) is 5.86. The number of aryl methyl sites for hydroxylation is 1. The number of furan rings is 1. The van der Waals surface area contributed by atoms with Crippen LogP contribution in [0.4, 0.5) is 0 Å². The van der Waals surface area contributed by atoms with Gasteiger partial charge in [0.15, 0.2) is 11.7 Å². The molecule has 0 aliphatic carbocycles. The monoisotopic (exact) mass is 339 g/mol. The number of fused-ring (bicyclic) bond motifs is 1. The fourth-order valence-corrected chi connectivity index (χ4v) is 2.45. The Bertz CT molecular complexity index is 808. The van der Waals surface area contributed by atoms with Crippen molar-refractivity contribution < 1.29 is 14.3 Å². The van der Waals surface area contributed by atoms with Gasteiger partial charge in [0.2, 0.25) is 0 Å². The third-order valence-electron chi connectivity index (χ3n) is 3.66. The van der Waals surface area contributed by atoms with E-state index in [1.54, 1.807) is 12.1 Å². The fraction of sp³-hybridized carbons (Fsp3) is 0.381. The molecular formula is C21H25NO3. The second kappa shape index (κ2) is 9.22. The highest BCUT2D eigenvalue weighted by Crippen LogP contribution is 2.30. The van der Waals surface area contributed by atoms with E-state index in [-0.39, 0.29) is 0 Å². The Morgan fingerprint density at radius 1 is 1.44 bits per heavy atom. The molecule has 0 amide bonds. The van der Waals surface area contributed by atoms with Crippen LogP contribution in [0.15, 0.2) is 35.8 Å². The van der Waals surface area contributed by atoms with Crippen molar-refractivity contribution in [2.45, 2.75) is 39.2 Å². The number of aliphatic hydroxyl groups is 1. The minimum Gasteiger partial charge on any atom is -0.455 e. The predicted molar refractivity (Wildman–Crippen MR) is 101 cm³/mol. The number of hydrogen-bond acceptors (Lipinski definition) is 4. The summed E-state index contributed by atoms with van der Waals surface area (Å²) in [5.41, 5.74) is 4.04. The van der Waals surface area contributed by atoms with E-state index in [2.05, 4.69) is 36.9 Å². The third kappa shape index (κ3) is 5.06. The second-order valence-electron chi connectivity index (χ2n) is 5.86. The van der Waals surface area contributed by atoms with Crippen LogP contribution in [0.3, 0.4) is 0 Å². The van der Waals surface area contributed by atoms with Gasteiger partial charge in [-0.1, -0.05) is 31.4 Å². The van der Waals surface area contributed by atoms with Gasteiger partial charge in [0, 0.05) is 30.4 Å². The molecule has 0 aliphatic rings. The quantitative estimate of drug-likeness (QED) is 0.434. The van der Waals surface area contributed by atoms with Gasteiger partial charge in [0.05, 0.1) is 6.61 Å². The van der Waals surface area contributed by atoms with Gasteiger partial charge in [0.25, 0.3) is 0 Å². The Morgan fingerprint density at radius 3 is 2.96 bits per heavy atom. The largest absolute Gasteiger partial charge is 0.455 e. The molecule has 2 rings (SSSR count). The van der Waals surface area contributed by atoms with Gasteiger partial charge in [0.1, 0.15) is 11.3 Å². The van der Waals surface area contributed by atoms with Crippen LogP contribution in [0, 0.1) is 18.8 Å². The first-order valence-corrected chi connectivity index (χ1v) is 8.51. The zero-order valence-corrected chi connectivity index (χ0v) is 15.0. The molecule has 0 radical (unpaired) electrons. The molecule has 0 saturated heterocycles. The molecule has 1 unspecified atom stereocenters. The van der Waals surface area contributed by atoms with Crippen LogP contribution in [0.5, 0.6) is 0 Å². The Kier molecular flexibility index (Phi) is 7.00. The molecule has 0 fully saturated rings. The summed E-state index contributed by atoms with van der Waals surface area (Å²) in [5.74, 6) is 5.97. The van der Waals surface area contributed by atoms with Crippen LogP contribution >= 0.6 is 0 Å². The number of pyridine rings is 1. The van der Waals surface area contributed by atoms with Crippen molar-refractivity contribution in [1.82, 2.24) is 4.98 Å². The molecule has 1 atom stereocenters. The molecule has 2 heterocycles. The number of ether oxygens (including phenoxy) is 1. The molecule has 2 aromatic heterocycles. The first-order valence-electron chi connectivity index (χ1n) is 8.51. The maximum atomic E-state index is 10.2. The number of aliphatic hydroxyl groups excluding tert-OH is 1. The molecule has 4 nitrogen and oxygen atoms in total. The minimum atomic E-state index is -0.983. The predicted octanol–water partition coefficient (Wildman–Crippen LogP) is 4.58. The van der Waals surface area contributed by atoms with E-state index < -0.39 is 6.10 Å². The van der Waals surface area contributed by atoms with E-state index in [9.17, 15) is 5.11 Å². The average Bonchev–Trinajstić information content (AvgIpc) is 3.01. The van der Waals surface area contributed by atoms with Crippen molar-refractivity contribution in [3.63, 3.8) is 0 Å². The van der Waals surface area contributed by atoms with E-state index >= 15 is 0 Å². The molecule has 0 spiro atoms. The summed E-state index contributed by atoms with van der Waals surface area (Å²) in [7, 11) is 0. The molecule has 4 heteroatoms. The summed E-state index contributed by atoms with van der Waals surface area (Å²) in [6.45, 7) is 13.1. The average molecular weight is 339 g/mol. The Hall–Kier alpha value is -2.35. The number of allylic oxidation sites excluding steroid dienone is 1. The van der Waals surface area contributed by atoms with E-state index in [0.717, 1.165) is 36.3 Å². The van der Waals surface area contributed by atoms with Gasteiger partial charge in [-0.15, -0.1) is 6.58 Å². The van der Waals surface area contributed by atoms with Crippen LogP contribution in [-0.4, -0.2) is 23.3 Å². The summed E-state index contributed by atoms with van der Waals surface area (Å²) in [5, 5.41) is 10.2. The first-order chi connectivity index (χ1) is 12.1. The summed E-state index contributed by atoms with van der Waals surface area (Å²) < 4.78 is 11.4. The molecule has 0 aromatic carbocycles.